The number of ketones is 1. The number of aryl methyl sites for hydroxylation is 1. The van der Waals surface area contributed by atoms with E-state index >= 15 is 0 Å². The van der Waals surface area contributed by atoms with Crippen LogP contribution in [0.1, 0.15) is 22.7 Å². The first-order chi connectivity index (χ1) is 14.4. The second-order valence-electron chi connectivity index (χ2n) is 7.12. The number of phenolic OH excluding ortho intramolecular Hbond substituents is 2. The number of Topliss-reactive ketones (excluding diaryl/α,β-unsaturated/α-hetero) is 1. The van der Waals surface area contributed by atoms with Crippen molar-refractivity contribution in [2.75, 3.05) is 4.90 Å². The quantitative estimate of drug-likeness (QED) is 0.350. The second kappa shape index (κ2) is 7.40. The summed E-state index contributed by atoms with van der Waals surface area (Å²) in [6, 6.07) is 18.3. The largest absolute Gasteiger partial charge is 0.508 e. The van der Waals surface area contributed by atoms with Gasteiger partial charge in [-0.25, -0.2) is 0 Å². The SMILES string of the molecule is Cc1ccc(O)c(N2C(=O)C(=O)/C(=C(/O)c3ccccc3)C2c2ccc(O)cc2)c1. The standard InChI is InChI=1S/C24H19NO5/c1-14-7-12-19(27)18(13-14)25-21(15-8-10-17(26)11-9-15)20(23(29)24(25)30)22(28)16-5-3-2-4-6-16/h2-13,21,26-28H,1H3/b22-20+. The van der Waals surface area contributed by atoms with Gasteiger partial charge in [-0.1, -0.05) is 48.5 Å². The molecule has 1 amide bonds. The van der Waals surface area contributed by atoms with Crippen LogP contribution in [0.5, 0.6) is 11.5 Å². The molecule has 0 aliphatic carbocycles. The lowest BCUT2D eigenvalue weighted by molar-refractivity contribution is -0.132. The lowest BCUT2D eigenvalue weighted by Gasteiger charge is -2.26. The van der Waals surface area contributed by atoms with Crippen molar-refractivity contribution in [2.45, 2.75) is 13.0 Å². The Balaban J connectivity index is 1.98. The number of anilines is 1. The third-order valence-corrected chi connectivity index (χ3v) is 5.09. The molecule has 0 radical (unpaired) electrons. The van der Waals surface area contributed by atoms with Gasteiger partial charge in [-0.2, -0.15) is 0 Å². The van der Waals surface area contributed by atoms with Gasteiger partial charge in [-0.15, -0.1) is 0 Å². The molecule has 3 aromatic rings. The van der Waals surface area contributed by atoms with Crippen LogP contribution in [0.2, 0.25) is 0 Å². The Morgan fingerprint density at radius 1 is 0.900 bits per heavy atom. The maximum Gasteiger partial charge on any atom is 0.300 e. The highest BCUT2D eigenvalue weighted by Crippen LogP contribution is 2.45. The predicted molar refractivity (Wildman–Crippen MR) is 112 cm³/mol. The van der Waals surface area contributed by atoms with E-state index in [9.17, 15) is 24.9 Å². The Kier molecular flexibility index (Phi) is 4.75. The fourth-order valence-electron chi connectivity index (χ4n) is 3.63. The maximum atomic E-state index is 13.0. The highest BCUT2D eigenvalue weighted by atomic mass is 16.3. The number of hydrogen-bond donors (Lipinski definition) is 3. The lowest BCUT2D eigenvalue weighted by atomic mass is 9.95. The van der Waals surface area contributed by atoms with Gasteiger partial charge in [-0.05, 0) is 42.3 Å². The van der Waals surface area contributed by atoms with E-state index in [1.54, 1.807) is 61.5 Å². The van der Waals surface area contributed by atoms with Crippen LogP contribution in [-0.4, -0.2) is 27.0 Å². The summed E-state index contributed by atoms with van der Waals surface area (Å²) in [5, 5.41) is 31.0. The number of carbonyl (C=O) groups is 2. The van der Waals surface area contributed by atoms with E-state index in [-0.39, 0.29) is 28.5 Å². The highest BCUT2D eigenvalue weighted by Gasteiger charge is 2.47. The van der Waals surface area contributed by atoms with Gasteiger partial charge < -0.3 is 15.3 Å². The molecule has 0 spiro atoms. The maximum absolute atomic E-state index is 13.0. The summed E-state index contributed by atoms with van der Waals surface area (Å²) in [6.45, 7) is 1.80. The van der Waals surface area contributed by atoms with Gasteiger partial charge in [0, 0.05) is 5.56 Å². The fraction of sp³-hybridized carbons (Fsp3) is 0.0833. The van der Waals surface area contributed by atoms with E-state index in [1.165, 1.54) is 23.1 Å². The minimum atomic E-state index is -0.974. The first-order valence-corrected chi connectivity index (χ1v) is 9.33. The van der Waals surface area contributed by atoms with Crippen molar-refractivity contribution in [1.82, 2.24) is 0 Å². The molecule has 4 rings (SSSR count). The number of benzene rings is 3. The summed E-state index contributed by atoms with van der Waals surface area (Å²) >= 11 is 0. The molecule has 0 saturated carbocycles. The Labute approximate surface area is 173 Å². The summed E-state index contributed by atoms with van der Waals surface area (Å²) in [5.41, 5.74) is 1.77. The number of aromatic hydroxyl groups is 2. The Bertz CT molecular complexity index is 1170. The molecular weight excluding hydrogens is 382 g/mol. The van der Waals surface area contributed by atoms with Crippen LogP contribution >= 0.6 is 0 Å². The zero-order chi connectivity index (χ0) is 21.4. The van der Waals surface area contributed by atoms with Crippen LogP contribution in [0.15, 0.2) is 78.4 Å². The molecule has 30 heavy (non-hydrogen) atoms. The first kappa shape index (κ1) is 19.3. The first-order valence-electron chi connectivity index (χ1n) is 9.33. The van der Waals surface area contributed by atoms with E-state index < -0.39 is 17.7 Å². The number of phenols is 2. The number of carbonyl (C=O) groups excluding carboxylic acids is 2. The lowest BCUT2D eigenvalue weighted by Crippen LogP contribution is -2.29. The van der Waals surface area contributed by atoms with E-state index in [0.29, 0.717) is 11.1 Å². The smallest absolute Gasteiger partial charge is 0.300 e. The molecule has 1 aliphatic heterocycles. The molecule has 1 saturated heterocycles. The average Bonchev–Trinajstić information content (AvgIpc) is 3.01. The summed E-state index contributed by atoms with van der Waals surface area (Å²) in [4.78, 5) is 27.2. The molecule has 0 aromatic heterocycles. The molecule has 1 fully saturated rings. The van der Waals surface area contributed by atoms with Crippen molar-refractivity contribution in [3.63, 3.8) is 0 Å². The predicted octanol–water partition coefficient (Wildman–Crippen LogP) is 4.03. The van der Waals surface area contributed by atoms with Crippen molar-refractivity contribution in [3.05, 3.63) is 95.1 Å². The number of rotatable bonds is 3. The van der Waals surface area contributed by atoms with Crippen LogP contribution in [0.25, 0.3) is 5.76 Å². The molecule has 0 bridgehead atoms. The number of aliphatic hydroxyl groups is 1. The zero-order valence-electron chi connectivity index (χ0n) is 16.1. The van der Waals surface area contributed by atoms with Gasteiger partial charge in [0.25, 0.3) is 11.7 Å². The minimum Gasteiger partial charge on any atom is -0.508 e. The van der Waals surface area contributed by atoms with E-state index in [2.05, 4.69) is 0 Å². The highest BCUT2D eigenvalue weighted by molar-refractivity contribution is 6.51. The molecule has 1 unspecified atom stereocenters. The van der Waals surface area contributed by atoms with Crippen LogP contribution in [0.4, 0.5) is 5.69 Å². The summed E-state index contributed by atoms with van der Waals surface area (Å²) in [5.74, 6) is -2.15. The van der Waals surface area contributed by atoms with Gasteiger partial charge in [0.2, 0.25) is 0 Å². The summed E-state index contributed by atoms with van der Waals surface area (Å²) in [7, 11) is 0. The van der Waals surface area contributed by atoms with Crippen LogP contribution in [0, 0.1) is 6.92 Å². The van der Waals surface area contributed by atoms with Crippen LogP contribution in [0.3, 0.4) is 0 Å². The number of aliphatic hydroxyl groups excluding tert-OH is 1. The van der Waals surface area contributed by atoms with E-state index in [1.807, 2.05) is 0 Å². The Morgan fingerprint density at radius 3 is 2.23 bits per heavy atom. The topological polar surface area (TPSA) is 98.1 Å². The number of hydrogen-bond acceptors (Lipinski definition) is 5. The Hall–Kier alpha value is -4.06. The molecule has 1 heterocycles. The zero-order valence-corrected chi connectivity index (χ0v) is 16.1. The van der Waals surface area contributed by atoms with Gasteiger partial charge in [0.05, 0.1) is 17.3 Å². The number of amides is 1. The molecule has 150 valence electrons. The van der Waals surface area contributed by atoms with Crippen LogP contribution in [-0.2, 0) is 9.59 Å². The van der Waals surface area contributed by atoms with Crippen molar-refractivity contribution in [2.24, 2.45) is 0 Å². The molecule has 6 nitrogen and oxygen atoms in total. The monoisotopic (exact) mass is 401 g/mol. The normalized spacial score (nSPS) is 18.0. The van der Waals surface area contributed by atoms with E-state index in [0.717, 1.165) is 5.56 Å². The molecule has 3 aromatic carbocycles. The third kappa shape index (κ3) is 3.18. The van der Waals surface area contributed by atoms with Crippen LogP contribution < -0.4 is 4.90 Å². The summed E-state index contributed by atoms with van der Waals surface area (Å²) < 4.78 is 0. The Morgan fingerprint density at radius 2 is 1.57 bits per heavy atom. The van der Waals surface area contributed by atoms with Gasteiger partial charge in [0.1, 0.15) is 17.3 Å². The van der Waals surface area contributed by atoms with E-state index in [4.69, 9.17) is 0 Å². The summed E-state index contributed by atoms with van der Waals surface area (Å²) in [6.07, 6.45) is 0. The van der Waals surface area contributed by atoms with Gasteiger partial charge >= 0.3 is 0 Å². The fourth-order valence-corrected chi connectivity index (χ4v) is 3.63. The molecule has 1 atom stereocenters. The molecule has 3 N–H and O–H groups in total. The van der Waals surface area contributed by atoms with Crippen molar-refractivity contribution < 1.29 is 24.9 Å². The van der Waals surface area contributed by atoms with Crippen molar-refractivity contribution in [3.8, 4) is 11.5 Å². The second-order valence-corrected chi connectivity index (χ2v) is 7.12. The minimum absolute atomic E-state index is 0.0252. The van der Waals surface area contributed by atoms with Gasteiger partial charge in [0.15, 0.2) is 0 Å². The molecular formula is C24H19NO5. The van der Waals surface area contributed by atoms with Crippen molar-refractivity contribution in [1.29, 1.82) is 0 Å². The van der Waals surface area contributed by atoms with Gasteiger partial charge in [-0.3, -0.25) is 14.5 Å². The molecule has 6 heteroatoms. The van der Waals surface area contributed by atoms with Crippen molar-refractivity contribution >= 4 is 23.1 Å². The molecule has 1 aliphatic rings. The average molecular weight is 401 g/mol. The number of nitrogens with zero attached hydrogens (tertiary/aromatic N) is 1. The third-order valence-electron chi connectivity index (χ3n) is 5.09.